The summed E-state index contributed by atoms with van der Waals surface area (Å²) >= 11 is 0. The van der Waals surface area contributed by atoms with Crippen LogP contribution in [0.4, 0.5) is 10.5 Å². The molecule has 130 valence electrons. The van der Waals surface area contributed by atoms with Gasteiger partial charge in [-0.25, -0.2) is 4.79 Å². The molecule has 0 spiro atoms. The molecule has 5 heteroatoms. The highest BCUT2D eigenvalue weighted by Gasteiger charge is 2.22. The number of rotatable bonds is 5. The van der Waals surface area contributed by atoms with Gasteiger partial charge in [0.1, 0.15) is 6.61 Å². The molecule has 25 heavy (non-hydrogen) atoms. The lowest BCUT2D eigenvalue weighted by molar-refractivity contribution is 0.0867. The maximum atomic E-state index is 12.1. The fourth-order valence-electron chi connectivity index (χ4n) is 2.77. The summed E-state index contributed by atoms with van der Waals surface area (Å²) in [4.78, 5) is 13.9. The van der Waals surface area contributed by atoms with Gasteiger partial charge in [0.2, 0.25) is 0 Å². The van der Waals surface area contributed by atoms with Crippen LogP contribution in [0, 0.1) is 5.92 Å². The second-order valence-electron chi connectivity index (χ2n) is 6.12. The van der Waals surface area contributed by atoms with E-state index < -0.39 is 0 Å². The van der Waals surface area contributed by atoms with Crippen LogP contribution >= 0.6 is 0 Å². The van der Waals surface area contributed by atoms with Crippen molar-refractivity contribution < 1.29 is 9.53 Å². The summed E-state index contributed by atoms with van der Waals surface area (Å²) in [7, 11) is 0. The van der Waals surface area contributed by atoms with Gasteiger partial charge < -0.3 is 9.64 Å². The minimum atomic E-state index is -0.235. The van der Waals surface area contributed by atoms with Crippen LogP contribution in [-0.2, 0) is 11.3 Å². The summed E-state index contributed by atoms with van der Waals surface area (Å²) in [5.74, 6) is 0.384. The van der Waals surface area contributed by atoms with Gasteiger partial charge in [-0.15, -0.1) is 0 Å². The molecule has 0 radical (unpaired) electrons. The van der Waals surface area contributed by atoms with Crippen LogP contribution in [0.25, 0.3) is 0 Å². The maximum absolute atomic E-state index is 12.1. The van der Waals surface area contributed by atoms with E-state index in [1.54, 1.807) is 4.90 Å². The number of amides is 1. The third-order valence-electron chi connectivity index (χ3n) is 4.26. The van der Waals surface area contributed by atoms with Gasteiger partial charge in [0.05, 0.1) is 5.69 Å². The fourth-order valence-corrected chi connectivity index (χ4v) is 2.77. The van der Waals surface area contributed by atoms with Gasteiger partial charge in [-0.1, -0.05) is 48.5 Å². The van der Waals surface area contributed by atoms with Crippen LogP contribution in [-0.4, -0.2) is 30.3 Å². The molecule has 3 rings (SSSR count). The number of hydrazone groups is 1. The molecule has 2 aromatic rings. The Morgan fingerprint density at radius 3 is 2.40 bits per heavy atom. The smallest absolute Gasteiger partial charge is 0.410 e. The maximum Gasteiger partial charge on any atom is 0.410 e. The monoisotopic (exact) mass is 337 g/mol. The Bertz CT molecular complexity index is 681. The average molecular weight is 337 g/mol. The molecular weight excluding hydrogens is 314 g/mol. The van der Waals surface area contributed by atoms with E-state index in [9.17, 15) is 4.79 Å². The van der Waals surface area contributed by atoms with Gasteiger partial charge in [0, 0.05) is 19.3 Å². The van der Waals surface area contributed by atoms with Gasteiger partial charge in [0.25, 0.3) is 0 Å². The van der Waals surface area contributed by atoms with Gasteiger partial charge in [-0.2, -0.15) is 5.10 Å². The molecular formula is C20H23N3O2. The predicted octanol–water partition coefficient (Wildman–Crippen LogP) is 4.13. The summed E-state index contributed by atoms with van der Waals surface area (Å²) in [6.45, 7) is 1.73. The van der Waals surface area contributed by atoms with Crippen molar-refractivity contribution in [2.45, 2.75) is 19.4 Å². The molecule has 1 heterocycles. The number of nitrogens with zero attached hydrogens (tertiary/aromatic N) is 2. The van der Waals surface area contributed by atoms with Crippen molar-refractivity contribution in [3.63, 3.8) is 0 Å². The number of hydrogen-bond acceptors (Lipinski definition) is 4. The molecule has 5 nitrogen and oxygen atoms in total. The fraction of sp³-hybridized carbons (Fsp3) is 0.300. The van der Waals surface area contributed by atoms with Gasteiger partial charge in [-0.05, 0) is 36.5 Å². The Hall–Kier alpha value is -2.82. The molecule has 1 N–H and O–H groups in total. The van der Waals surface area contributed by atoms with Crippen molar-refractivity contribution in [3.8, 4) is 0 Å². The Morgan fingerprint density at radius 1 is 1.08 bits per heavy atom. The standard InChI is InChI=1S/C20H23N3O2/c24-20(25-16-18-7-3-1-4-8-18)23-13-11-17(12-14-23)15-21-22-19-9-5-2-6-10-19/h1-10,15,17,22H,11-14,16H2/b21-15+. The van der Waals surface area contributed by atoms with Crippen molar-refractivity contribution in [1.29, 1.82) is 0 Å². The summed E-state index contributed by atoms with van der Waals surface area (Å²) in [5, 5.41) is 4.30. The molecule has 0 bridgehead atoms. The lowest BCUT2D eigenvalue weighted by atomic mass is 9.99. The first kappa shape index (κ1) is 17.0. The minimum Gasteiger partial charge on any atom is -0.445 e. The Balaban J connectivity index is 1.38. The van der Waals surface area contributed by atoms with E-state index in [1.807, 2.05) is 66.9 Å². The number of nitrogens with one attached hydrogen (secondary N) is 1. The zero-order chi connectivity index (χ0) is 17.3. The minimum absolute atomic E-state index is 0.235. The number of anilines is 1. The van der Waals surface area contributed by atoms with Crippen LogP contribution in [0.3, 0.4) is 0 Å². The SMILES string of the molecule is O=C(OCc1ccccc1)N1CCC(/C=N/Nc2ccccc2)CC1. The number of piperidine rings is 1. The van der Waals surface area contributed by atoms with E-state index >= 15 is 0 Å². The van der Waals surface area contributed by atoms with Crippen molar-refractivity contribution in [3.05, 3.63) is 66.2 Å². The van der Waals surface area contributed by atoms with Crippen LogP contribution in [0.5, 0.6) is 0 Å². The van der Waals surface area contributed by atoms with Crippen molar-refractivity contribution >= 4 is 18.0 Å². The molecule has 1 amide bonds. The number of carbonyl (C=O) groups is 1. The molecule has 0 aliphatic carbocycles. The zero-order valence-corrected chi connectivity index (χ0v) is 14.2. The average Bonchev–Trinajstić information content (AvgIpc) is 2.68. The van der Waals surface area contributed by atoms with E-state index in [4.69, 9.17) is 4.74 Å². The lowest BCUT2D eigenvalue weighted by Crippen LogP contribution is -2.39. The van der Waals surface area contributed by atoms with Gasteiger partial charge in [0.15, 0.2) is 0 Å². The second kappa shape index (κ2) is 8.87. The van der Waals surface area contributed by atoms with Crippen molar-refractivity contribution in [2.24, 2.45) is 11.0 Å². The van der Waals surface area contributed by atoms with Crippen molar-refractivity contribution in [1.82, 2.24) is 4.90 Å². The molecule has 2 aromatic carbocycles. The van der Waals surface area contributed by atoms with Crippen molar-refractivity contribution in [2.75, 3.05) is 18.5 Å². The normalized spacial score (nSPS) is 15.3. The highest BCUT2D eigenvalue weighted by atomic mass is 16.6. The topological polar surface area (TPSA) is 53.9 Å². The quantitative estimate of drug-likeness (QED) is 0.659. The molecule has 1 aliphatic heterocycles. The summed E-state index contributed by atoms with van der Waals surface area (Å²) in [5.41, 5.74) is 5.01. The molecule has 0 atom stereocenters. The largest absolute Gasteiger partial charge is 0.445 e. The van der Waals surface area contributed by atoms with Crippen LogP contribution in [0.15, 0.2) is 65.8 Å². The van der Waals surface area contributed by atoms with Gasteiger partial charge in [-0.3, -0.25) is 5.43 Å². The third-order valence-corrected chi connectivity index (χ3v) is 4.26. The number of carbonyl (C=O) groups excluding carboxylic acids is 1. The molecule has 0 unspecified atom stereocenters. The molecule has 1 saturated heterocycles. The number of ether oxygens (including phenoxy) is 1. The predicted molar refractivity (Wildman–Crippen MR) is 99.5 cm³/mol. The zero-order valence-electron chi connectivity index (χ0n) is 14.2. The Morgan fingerprint density at radius 2 is 1.72 bits per heavy atom. The number of benzene rings is 2. The van der Waals surface area contributed by atoms with E-state index in [0.29, 0.717) is 25.6 Å². The summed E-state index contributed by atoms with van der Waals surface area (Å²) in [6.07, 6.45) is 3.52. The summed E-state index contributed by atoms with van der Waals surface area (Å²) < 4.78 is 5.38. The molecule has 0 aromatic heterocycles. The Labute approximate surface area is 148 Å². The number of hydrogen-bond donors (Lipinski definition) is 1. The van der Waals surface area contributed by atoms with Crippen LogP contribution < -0.4 is 5.43 Å². The summed E-state index contributed by atoms with van der Waals surface area (Å²) in [6, 6.07) is 19.6. The first-order valence-electron chi connectivity index (χ1n) is 8.61. The molecule has 1 fully saturated rings. The molecule has 1 aliphatic rings. The van der Waals surface area contributed by atoms with Crippen LogP contribution in [0.2, 0.25) is 0 Å². The van der Waals surface area contributed by atoms with E-state index in [-0.39, 0.29) is 6.09 Å². The highest BCUT2D eigenvalue weighted by molar-refractivity contribution is 5.68. The van der Waals surface area contributed by atoms with E-state index in [0.717, 1.165) is 24.1 Å². The second-order valence-corrected chi connectivity index (χ2v) is 6.12. The lowest BCUT2D eigenvalue weighted by Gasteiger charge is -2.29. The van der Waals surface area contributed by atoms with E-state index in [2.05, 4.69) is 10.5 Å². The highest BCUT2D eigenvalue weighted by Crippen LogP contribution is 2.17. The van der Waals surface area contributed by atoms with E-state index in [1.165, 1.54) is 0 Å². The van der Waals surface area contributed by atoms with Crippen LogP contribution in [0.1, 0.15) is 18.4 Å². The first-order valence-corrected chi connectivity index (χ1v) is 8.61. The van der Waals surface area contributed by atoms with Gasteiger partial charge >= 0.3 is 6.09 Å². The Kier molecular flexibility index (Phi) is 6.04. The molecule has 0 saturated carbocycles. The number of para-hydroxylation sites is 1. The number of likely N-dealkylation sites (tertiary alicyclic amines) is 1. The first-order chi connectivity index (χ1) is 12.3. The third kappa shape index (κ3) is 5.35.